The maximum absolute atomic E-state index is 13.0. The quantitative estimate of drug-likeness (QED) is 0.447. The Bertz CT molecular complexity index is 1280. The van der Waals surface area contributed by atoms with Crippen molar-refractivity contribution in [3.63, 3.8) is 0 Å². The van der Waals surface area contributed by atoms with Gasteiger partial charge in [0.05, 0.1) is 10.9 Å². The number of ether oxygens (including phenoxy) is 1. The third-order valence-corrected chi connectivity index (χ3v) is 7.18. The highest BCUT2D eigenvalue weighted by atomic mass is 35.5. The first-order chi connectivity index (χ1) is 15.9. The van der Waals surface area contributed by atoms with Crippen LogP contribution in [-0.4, -0.2) is 31.6 Å². The molecule has 33 heavy (non-hydrogen) atoms. The molecular weight excluding hydrogens is 464 g/mol. The van der Waals surface area contributed by atoms with E-state index in [0.29, 0.717) is 47.2 Å². The van der Waals surface area contributed by atoms with Crippen LogP contribution in [0, 0.1) is 6.92 Å². The van der Waals surface area contributed by atoms with Crippen LogP contribution >= 0.6 is 22.9 Å². The van der Waals surface area contributed by atoms with Gasteiger partial charge in [0.2, 0.25) is 0 Å². The van der Waals surface area contributed by atoms with E-state index in [2.05, 4.69) is 10.6 Å². The van der Waals surface area contributed by atoms with Crippen LogP contribution in [0.15, 0.2) is 27.4 Å². The van der Waals surface area contributed by atoms with E-state index in [1.807, 2.05) is 6.92 Å². The lowest BCUT2D eigenvalue weighted by Crippen LogP contribution is -2.27. The zero-order valence-electron chi connectivity index (χ0n) is 18.5. The Labute approximate surface area is 200 Å². The van der Waals surface area contributed by atoms with Gasteiger partial charge in [0.15, 0.2) is 11.2 Å². The Balaban J connectivity index is 1.58. The van der Waals surface area contributed by atoms with Crippen LogP contribution in [0.5, 0.6) is 0 Å². The third-order valence-electron chi connectivity index (χ3n) is 5.56. The number of benzene rings is 1. The number of anilines is 1. The normalized spacial score (nSPS) is 12.7. The molecule has 0 atom stereocenters. The minimum absolute atomic E-state index is 0.120. The van der Waals surface area contributed by atoms with E-state index in [9.17, 15) is 14.4 Å². The van der Waals surface area contributed by atoms with Crippen LogP contribution in [0.25, 0.3) is 11.0 Å². The van der Waals surface area contributed by atoms with Crippen molar-refractivity contribution in [1.82, 2.24) is 5.32 Å². The van der Waals surface area contributed by atoms with E-state index in [0.717, 1.165) is 41.3 Å². The summed E-state index contributed by atoms with van der Waals surface area (Å²) in [5.41, 5.74) is 2.16. The van der Waals surface area contributed by atoms with Crippen molar-refractivity contribution in [3.8, 4) is 0 Å². The van der Waals surface area contributed by atoms with Crippen LogP contribution < -0.4 is 16.1 Å². The number of fused-ring (bicyclic) bond motifs is 2. The molecule has 2 amide bonds. The fraction of sp³-hybridized carbons (Fsp3) is 0.375. The van der Waals surface area contributed by atoms with Crippen LogP contribution in [-0.2, 0) is 17.6 Å². The lowest BCUT2D eigenvalue weighted by atomic mass is 10.1. The molecule has 7 nitrogen and oxygen atoms in total. The number of nitrogens with one attached hydrogen (secondary N) is 2. The van der Waals surface area contributed by atoms with Crippen molar-refractivity contribution < 1.29 is 18.7 Å². The summed E-state index contributed by atoms with van der Waals surface area (Å²) >= 11 is 7.52. The van der Waals surface area contributed by atoms with Crippen molar-refractivity contribution in [3.05, 3.63) is 60.8 Å². The molecule has 2 N–H and O–H groups in total. The van der Waals surface area contributed by atoms with Gasteiger partial charge in [-0.2, -0.15) is 0 Å². The van der Waals surface area contributed by atoms with Gasteiger partial charge in [0.25, 0.3) is 11.8 Å². The fourth-order valence-corrected chi connectivity index (χ4v) is 5.34. The molecule has 9 heteroatoms. The van der Waals surface area contributed by atoms with Gasteiger partial charge >= 0.3 is 0 Å². The summed E-state index contributed by atoms with van der Waals surface area (Å²) in [6.45, 7) is 5.42. The predicted octanol–water partition coefficient (Wildman–Crippen LogP) is 4.71. The molecule has 0 bridgehead atoms. The summed E-state index contributed by atoms with van der Waals surface area (Å²) in [5.74, 6) is -0.913. The van der Waals surface area contributed by atoms with Crippen molar-refractivity contribution >= 4 is 50.7 Å². The molecule has 0 saturated carbocycles. The minimum atomic E-state index is -0.577. The first-order valence-electron chi connectivity index (χ1n) is 10.9. The van der Waals surface area contributed by atoms with E-state index in [1.54, 1.807) is 13.0 Å². The number of rotatable bonds is 8. The van der Waals surface area contributed by atoms with Crippen molar-refractivity contribution in [2.75, 3.05) is 25.1 Å². The van der Waals surface area contributed by atoms with Gasteiger partial charge in [0.1, 0.15) is 10.6 Å². The second-order valence-electron chi connectivity index (χ2n) is 7.89. The lowest BCUT2D eigenvalue weighted by Gasteiger charge is -2.10. The van der Waals surface area contributed by atoms with Gasteiger partial charge in [-0.25, -0.2) is 0 Å². The Morgan fingerprint density at radius 2 is 2.03 bits per heavy atom. The Morgan fingerprint density at radius 1 is 1.21 bits per heavy atom. The predicted molar refractivity (Wildman–Crippen MR) is 130 cm³/mol. The van der Waals surface area contributed by atoms with Crippen molar-refractivity contribution in [2.45, 2.75) is 39.5 Å². The number of thiophene rings is 1. The highest BCUT2D eigenvalue weighted by Crippen LogP contribution is 2.39. The van der Waals surface area contributed by atoms with Gasteiger partial charge in [-0.3, -0.25) is 14.4 Å². The number of halogens is 1. The molecule has 0 saturated heterocycles. The monoisotopic (exact) mass is 488 g/mol. The van der Waals surface area contributed by atoms with Gasteiger partial charge in [-0.05, 0) is 62.8 Å². The fourth-order valence-electron chi connectivity index (χ4n) is 3.89. The van der Waals surface area contributed by atoms with E-state index < -0.39 is 5.91 Å². The molecule has 3 aromatic rings. The number of carbonyl (C=O) groups is 2. The average molecular weight is 489 g/mol. The third kappa shape index (κ3) is 4.98. The number of hydrogen-bond donors (Lipinski definition) is 2. The summed E-state index contributed by atoms with van der Waals surface area (Å²) in [6, 6.07) is 4.33. The molecule has 4 rings (SSSR count). The molecule has 2 aromatic heterocycles. The Morgan fingerprint density at radius 3 is 2.82 bits per heavy atom. The maximum Gasteiger partial charge on any atom is 0.292 e. The van der Waals surface area contributed by atoms with Gasteiger partial charge in [-0.1, -0.05) is 11.6 Å². The topological polar surface area (TPSA) is 97.6 Å². The highest BCUT2D eigenvalue weighted by molar-refractivity contribution is 7.17. The second-order valence-corrected chi connectivity index (χ2v) is 9.41. The molecule has 1 aliphatic rings. The van der Waals surface area contributed by atoms with E-state index in [-0.39, 0.29) is 22.7 Å². The summed E-state index contributed by atoms with van der Waals surface area (Å²) in [6.07, 6.45) is 3.38. The van der Waals surface area contributed by atoms with Crippen molar-refractivity contribution in [2.24, 2.45) is 0 Å². The largest absolute Gasteiger partial charge is 0.451 e. The summed E-state index contributed by atoms with van der Waals surface area (Å²) in [5, 5.41) is 6.96. The summed E-state index contributed by atoms with van der Waals surface area (Å²) < 4.78 is 11.0. The highest BCUT2D eigenvalue weighted by Gasteiger charge is 2.28. The molecule has 0 radical (unpaired) electrons. The first kappa shape index (κ1) is 23.5. The van der Waals surface area contributed by atoms with Crippen LogP contribution in [0.3, 0.4) is 0 Å². The maximum atomic E-state index is 13.0. The Kier molecular flexibility index (Phi) is 7.17. The summed E-state index contributed by atoms with van der Waals surface area (Å²) in [4.78, 5) is 39.6. The molecule has 0 unspecified atom stereocenters. The zero-order valence-corrected chi connectivity index (χ0v) is 20.1. The second kappa shape index (κ2) is 10.1. The minimum Gasteiger partial charge on any atom is -0.451 e. The first-order valence-corrected chi connectivity index (χ1v) is 12.1. The smallest absolute Gasteiger partial charge is 0.292 e. The number of aryl methyl sites for hydroxylation is 2. The molecule has 0 spiro atoms. The molecule has 174 valence electrons. The molecule has 0 aliphatic heterocycles. The standard InChI is InChI=1S/C24H25ClN2O5S/c1-3-31-9-5-8-26-23(30)21-14-6-4-7-20(14)33-24(21)27-22(29)19-12-17(28)15-11-16(25)13(2)10-18(15)32-19/h10-12H,3-9H2,1-2H3,(H,26,30)(H,27,29). The Hall–Kier alpha value is -2.68. The molecule has 2 heterocycles. The zero-order chi connectivity index (χ0) is 23.5. The summed E-state index contributed by atoms with van der Waals surface area (Å²) in [7, 11) is 0. The van der Waals surface area contributed by atoms with E-state index in [4.69, 9.17) is 20.8 Å². The molecule has 1 aliphatic carbocycles. The number of hydrogen-bond acceptors (Lipinski definition) is 6. The van der Waals surface area contributed by atoms with Gasteiger partial charge < -0.3 is 19.8 Å². The van der Waals surface area contributed by atoms with Crippen LogP contribution in [0.4, 0.5) is 5.00 Å². The molecule has 1 aromatic carbocycles. The van der Waals surface area contributed by atoms with Crippen LogP contribution in [0.1, 0.15) is 56.7 Å². The van der Waals surface area contributed by atoms with Gasteiger partial charge in [0, 0.05) is 35.7 Å². The lowest BCUT2D eigenvalue weighted by molar-refractivity contribution is 0.0944. The van der Waals surface area contributed by atoms with Crippen LogP contribution in [0.2, 0.25) is 5.02 Å². The average Bonchev–Trinajstić information content (AvgIpc) is 3.35. The van der Waals surface area contributed by atoms with E-state index >= 15 is 0 Å². The van der Waals surface area contributed by atoms with E-state index in [1.165, 1.54) is 17.4 Å². The molecular formula is C24H25ClN2O5S. The van der Waals surface area contributed by atoms with Crippen molar-refractivity contribution in [1.29, 1.82) is 0 Å². The number of amides is 2. The SMILES string of the molecule is CCOCCCNC(=O)c1c(NC(=O)c2cc(=O)c3cc(Cl)c(C)cc3o2)sc2c1CCC2. The van der Waals surface area contributed by atoms with Gasteiger partial charge in [-0.15, -0.1) is 11.3 Å². The number of carbonyl (C=O) groups excluding carboxylic acids is 2. The molecule has 0 fully saturated rings.